The smallest absolute Gasteiger partial charge is 0.230 e. The minimum atomic E-state index is -0.204. The predicted molar refractivity (Wildman–Crippen MR) is 88.2 cm³/mol. The number of anilines is 1. The number of carbonyl (C=O) groups is 2. The molecule has 0 unspecified atom stereocenters. The Labute approximate surface area is 140 Å². The van der Waals surface area contributed by atoms with Gasteiger partial charge in [-0.3, -0.25) is 19.4 Å². The summed E-state index contributed by atoms with van der Waals surface area (Å²) in [5.74, 6) is 0.644. The molecule has 1 saturated carbocycles. The summed E-state index contributed by atoms with van der Waals surface area (Å²) in [5, 5.41) is 17.0. The molecule has 2 aromatic heterocycles. The first-order valence-electron chi connectivity index (χ1n) is 8.12. The van der Waals surface area contributed by atoms with E-state index in [2.05, 4.69) is 25.9 Å². The van der Waals surface area contributed by atoms with Crippen molar-refractivity contribution in [3.63, 3.8) is 0 Å². The molecule has 1 atom stereocenters. The molecule has 0 aromatic carbocycles. The molecule has 128 valence electrons. The van der Waals surface area contributed by atoms with E-state index < -0.39 is 0 Å². The summed E-state index contributed by atoms with van der Waals surface area (Å²) < 4.78 is 1.74. The first-order chi connectivity index (χ1) is 11.5. The summed E-state index contributed by atoms with van der Waals surface area (Å²) >= 11 is 0. The van der Waals surface area contributed by atoms with Crippen molar-refractivity contribution in [2.24, 2.45) is 5.92 Å². The number of carbonyl (C=O) groups excluding carboxylic acids is 2. The van der Waals surface area contributed by atoms with E-state index in [4.69, 9.17) is 0 Å². The quantitative estimate of drug-likeness (QED) is 0.741. The summed E-state index contributed by atoms with van der Waals surface area (Å²) in [6.07, 6.45) is 5.29. The molecule has 8 heteroatoms. The highest BCUT2D eigenvalue weighted by Gasteiger charge is 2.32. The highest BCUT2D eigenvalue weighted by molar-refractivity contribution is 5.91. The Morgan fingerprint density at radius 3 is 2.92 bits per heavy atom. The molecule has 0 radical (unpaired) electrons. The van der Waals surface area contributed by atoms with Gasteiger partial charge in [0.2, 0.25) is 11.8 Å². The zero-order valence-corrected chi connectivity index (χ0v) is 13.8. The van der Waals surface area contributed by atoms with Gasteiger partial charge in [0.1, 0.15) is 5.82 Å². The molecular weight excluding hydrogens is 308 g/mol. The molecular formula is C16H22N6O2. The van der Waals surface area contributed by atoms with Crippen molar-refractivity contribution in [2.45, 2.75) is 45.2 Å². The van der Waals surface area contributed by atoms with Crippen LogP contribution in [0, 0.1) is 5.92 Å². The monoisotopic (exact) mass is 330 g/mol. The third-order valence-corrected chi connectivity index (χ3v) is 4.29. The number of amides is 2. The maximum atomic E-state index is 12.2. The van der Waals surface area contributed by atoms with E-state index in [1.165, 1.54) is 6.92 Å². The second-order valence-electron chi connectivity index (χ2n) is 6.39. The van der Waals surface area contributed by atoms with E-state index in [9.17, 15) is 9.59 Å². The number of nitrogens with zero attached hydrogens (tertiary/aromatic N) is 3. The van der Waals surface area contributed by atoms with E-state index in [1.807, 2.05) is 25.3 Å². The number of aromatic nitrogens is 4. The Bertz CT molecular complexity index is 702. The number of aromatic amines is 1. The predicted octanol–water partition coefficient (Wildman–Crippen LogP) is 1.26. The summed E-state index contributed by atoms with van der Waals surface area (Å²) in [6, 6.07) is 3.93. The molecule has 0 aliphatic heterocycles. The molecule has 0 saturated heterocycles. The molecule has 0 bridgehead atoms. The molecule has 2 aromatic rings. The summed E-state index contributed by atoms with van der Waals surface area (Å²) in [5.41, 5.74) is 0.923. The Kier molecular flexibility index (Phi) is 4.64. The Morgan fingerprint density at radius 2 is 2.25 bits per heavy atom. The molecule has 0 spiro atoms. The zero-order valence-electron chi connectivity index (χ0n) is 13.8. The van der Waals surface area contributed by atoms with E-state index >= 15 is 0 Å². The fraction of sp³-hybridized carbons (Fsp3) is 0.500. The summed E-state index contributed by atoms with van der Waals surface area (Å²) in [7, 11) is 0. The van der Waals surface area contributed by atoms with Crippen LogP contribution >= 0.6 is 0 Å². The van der Waals surface area contributed by atoms with Crippen LogP contribution in [0.5, 0.6) is 0 Å². The summed E-state index contributed by atoms with van der Waals surface area (Å²) in [6.45, 7) is 3.92. The van der Waals surface area contributed by atoms with Gasteiger partial charge in [0, 0.05) is 37.3 Å². The summed E-state index contributed by atoms with van der Waals surface area (Å²) in [4.78, 5) is 23.2. The van der Waals surface area contributed by atoms with Crippen LogP contribution in [0.3, 0.4) is 0 Å². The van der Waals surface area contributed by atoms with Gasteiger partial charge in [-0.1, -0.05) is 6.92 Å². The minimum absolute atomic E-state index is 0.000371. The van der Waals surface area contributed by atoms with Crippen molar-refractivity contribution in [3.05, 3.63) is 30.2 Å². The third kappa shape index (κ3) is 3.81. The third-order valence-electron chi connectivity index (χ3n) is 4.29. The lowest BCUT2D eigenvalue weighted by atomic mass is 9.78. The van der Waals surface area contributed by atoms with Gasteiger partial charge in [-0.05, 0) is 18.9 Å². The van der Waals surface area contributed by atoms with Crippen molar-refractivity contribution in [1.29, 1.82) is 0 Å². The van der Waals surface area contributed by atoms with E-state index in [1.54, 1.807) is 10.9 Å². The van der Waals surface area contributed by atoms with Gasteiger partial charge in [-0.2, -0.15) is 10.2 Å². The zero-order chi connectivity index (χ0) is 17.1. The molecule has 24 heavy (non-hydrogen) atoms. The normalized spacial score (nSPS) is 20.9. The lowest BCUT2D eigenvalue weighted by Crippen LogP contribution is -2.42. The topological polar surface area (TPSA) is 105 Å². The Hall–Kier alpha value is -2.64. The van der Waals surface area contributed by atoms with Gasteiger partial charge >= 0.3 is 0 Å². The fourth-order valence-corrected chi connectivity index (χ4v) is 2.90. The standard InChI is InChI=1S/C16H22N6O2/c1-10(9-22-5-3-4-17-22)16(24)19-15-8-14(20-21-15)12-6-13(7-12)18-11(2)23/h3-5,8,10,12-13H,6-7,9H2,1-2H3,(H,18,23)(H2,19,20,21,24)/t10-,12-,13+/m0/s1. The number of hydrogen-bond acceptors (Lipinski definition) is 4. The maximum Gasteiger partial charge on any atom is 0.230 e. The Morgan fingerprint density at radius 1 is 1.46 bits per heavy atom. The van der Waals surface area contributed by atoms with Crippen molar-refractivity contribution in [2.75, 3.05) is 5.32 Å². The van der Waals surface area contributed by atoms with Gasteiger partial charge < -0.3 is 10.6 Å². The second kappa shape index (κ2) is 6.86. The van der Waals surface area contributed by atoms with Crippen molar-refractivity contribution in [3.8, 4) is 0 Å². The van der Waals surface area contributed by atoms with Crippen molar-refractivity contribution < 1.29 is 9.59 Å². The highest BCUT2D eigenvalue weighted by Crippen LogP contribution is 2.36. The first-order valence-corrected chi connectivity index (χ1v) is 8.12. The molecule has 3 N–H and O–H groups in total. The number of nitrogens with one attached hydrogen (secondary N) is 3. The van der Waals surface area contributed by atoms with Crippen LogP contribution in [0.4, 0.5) is 5.82 Å². The van der Waals surface area contributed by atoms with Gasteiger partial charge in [-0.15, -0.1) is 0 Å². The molecule has 1 aliphatic carbocycles. The van der Waals surface area contributed by atoms with E-state index in [-0.39, 0.29) is 23.8 Å². The lowest BCUT2D eigenvalue weighted by molar-refractivity contribution is -0.120. The van der Waals surface area contributed by atoms with E-state index in [0.717, 1.165) is 18.5 Å². The largest absolute Gasteiger partial charge is 0.354 e. The molecule has 2 amide bonds. The molecule has 1 aliphatic rings. The highest BCUT2D eigenvalue weighted by atomic mass is 16.2. The number of H-pyrrole nitrogens is 1. The van der Waals surface area contributed by atoms with Crippen LogP contribution in [0.15, 0.2) is 24.5 Å². The first kappa shape index (κ1) is 16.2. The molecule has 8 nitrogen and oxygen atoms in total. The van der Waals surface area contributed by atoms with E-state index in [0.29, 0.717) is 18.3 Å². The minimum Gasteiger partial charge on any atom is -0.354 e. The second-order valence-corrected chi connectivity index (χ2v) is 6.39. The van der Waals surface area contributed by atoms with Gasteiger partial charge in [-0.25, -0.2) is 0 Å². The van der Waals surface area contributed by atoms with Crippen LogP contribution in [0.25, 0.3) is 0 Å². The molecule has 2 heterocycles. The van der Waals surface area contributed by atoms with Crippen LogP contribution in [0.1, 0.15) is 38.3 Å². The average molecular weight is 330 g/mol. The average Bonchev–Trinajstić information content (AvgIpc) is 3.14. The SMILES string of the molecule is CC(=O)N[C@H]1C[C@@H](c2cc(NC(=O)[C@@H](C)Cn3cccn3)[nH]n2)C1. The van der Waals surface area contributed by atoms with Gasteiger partial charge in [0.25, 0.3) is 0 Å². The molecule has 3 rings (SSSR count). The number of rotatable bonds is 6. The van der Waals surface area contributed by atoms with Crippen molar-refractivity contribution >= 4 is 17.6 Å². The lowest BCUT2D eigenvalue weighted by Gasteiger charge is -2.34. The number of hydrogen-bond donors (Lipinski definition) is 3. The van der Waals surface area contributed by atoms with Crippen LogP contribution in [-0.4, -0.2) is 37.8 Å². The van der Waals surface area contributed by atoms with Crippen LogP contribution < -0.4 is 10.6 Å². The van der Waals surface area contributed by atoms with Crippen LogP contribution in [-0.2, 0) is 16.1 Å². The van der Waals surface area contributed by atoms with Gasteiger partial charge in [0.15, 0.2) is 0 Å². The van der Waals surface area contributed by atoms with Crippen molar-refractivity contribution in [1.82, 2.24) is 25.3 Å². The van der Waals surface area contributed by atoms with Gasteiger partial charge in [0.05, 0.1) is 18.2 Å². The molecule has 1 fully saturated rings. The van der Waals surface area contributed by atoms with Crippen LogP contribution in [0.2, 0.25) is 0 Å². The maximum absolute atomic E-state index is 12.2. The Balaban J connectivity index is 1.49. The fourth-order valence-electron chi connectivity index (χ4n) is 2.90.